The lowest BCUT2D eigenvalue weighted by Crippen LogP contribution is -2.18. The predicted molar refractivity (Wildman–Crippen MR) is 72.9 cm³/mol. The highest BCUT2D eigenvalue weighted by molar-refractivity contribution is 7.90. The maximum atomic E-state index is 12.6. The van der Waals surface area contributed by atoms with Gasteiger partial charge in [0.1, 0.15) is 0 Å². The fourth-order valence-electron chi connectivity index (χ4n) is 1.92. The summed E-state index contributed by atoms with van der Waals surface area (Å²) < 4.78 is 26.2. The van der Waals surface area contributed by atoms with Gasteiger partial charge in [0.2, 0.25) is 0 Å². The number of carbonyl (C=O) groups is 1. The predicted octanol–water partition coefficient (Wildman–Crippen LogP) is 2.54. The Kier molecular flexibility index (Phi) is 3.32. The summed E-state index contributed by atoms with van der Waals surface area (Å²) in [4.78, 5) is 11.7. The highest BCUT2D eigenvalue weighted by Crippen LogP contribution is 2.20. The van der Waals surface area contributed by atoms with Crippen molar-refractivity contribution in [3.8, 4) is 0 Å². The summed E-state index contributed by atoms with van der Waals surface area (Å²) in [7, 11) is -3.72. The van der Waals surface area contributed by atoms with E-state index in [4.69, 9.17) is 0 Å². The van der Waals surface area contributed by atoms with Gasteiger partial charge in [-0.3, -0.25) is 4.79 Å². The van der Waals surface area contributed by atoms with Crippen LogP contribution in [-0.2, 0) is 10.0 Å². The molecule has 0 saturated heterocycles. The Morgan fingerprint density at radius 1 is 1.00 bits per heavy atom. The fraction of sp³-hybridized carbons (Fsp3) is 0.214. The minimum absolute atomic E-state index is 0.179. The molecule has 0 aliphatic heterocycles. The van der Waals surface area contributed by atoms with Crippen LogP contribution in [0.2, 0.25) is 0 Å². The zero-order valence-corrected chi connectivity index (χ0v) is 11.9. The third kappa shape index (κ3) is 2.33. The van der Waals surface area contributed by atoms with Gasteiger partial charge in [-0.1, -0.05) is 17.7 Å². The molecule has 0 spiro atoms. The maximum Gasteiger partial charge on any atom is 0.268 e. The van der Waals surface area contributed by atoms with Crippen LogP contribution in [0.15, 0.2) is 41.3 Å². The van der Waals surface area contributed by atoms with E-state index in [1.165, 1.54) is 13.0 Å². The lowest BCUT2D eigenvalue weighted by atomic mass is 10.2. The molecule has 0 bridgehead atoms. The Hall–Kier alpha value is -1.88. The summed E-state index contributed by atoms with van der Waals surface area (Å²) >= 11 is 0. The molecular weight excluding hydrogens is 262 g/mol. The van der Waals surface area contributed by atoms with E-state index in [0.29, 0.717) is 5.69 Å². The minimum Gasteiger partial charge on any atom is -0.293 e. The van der Waals surface area contributed by atoms with E-state index in [-0.39, 0.29) is 16.4 Å². The highest BCUT2D eigenvalue weighted by Gasteiger charge is 2.23. The van der Waals surface area contributed by atoms with Crippen LogP contribution in [0.1, 0.15) is 28.7 Å². The molecule has 0 radical (unpaired) electrons. The van der Waals surface area contributed by atoms with Gasteiger partial charge in [0.05, 0.1) is 10.6 Å². The number of nitrogens with zero attached hydrogens (tertiary/aromatic N) is 1. The van der Waals surface area contributed by atoms with E-state index in [1.807, 2.05) is 6.92 Å². The topological polar surface area (TPSA) is 56.1 Å². The first-order valence-corrected chi connectivity index (χ1v) is 7.29. The first-order valence-electron chi connectivity index (χ1n) is 5.85. The number of carbonyl (C=O) groups excluding carboxylic acids is 1. The highest BCUT2D eigenvalue weighted by atomic mass is 32.2. The average molecular weight is 277 g/mol. The molecule has 1 aromatic heterocycles. The van der Waals surface area contributed by atoms with Crippen LogP contribution in [0.25, 0.3) is 0 Å². The third-order valence-electron chi connectivity index (χ3n) is 2.94. The van der Waals surface area contributed by atoms with Crippen molar-refractivity contribution in [3.05, 3.63) is 53.3 Å². The van der Waals surface area contributed by atoms with Crippen molar-refractivity contribution in [1.29, 1.82) is 0 Å². The zero-order chi connectivity index (χ0) is 14.2. The quantitative estimate of drug-likeness (QED) is 0.810. The van der Waals surface area contributed by atoms with Crippen LogP contribution in [0.4, 0.5) is 0 Å². The number of Topliss-reactive ketones (excluding diaryl/α,β-unsaturated/α-hetero) is 1. The second-order valence-corrected chi connectivity index (χ2v) is 6.29. The smallest absolute Gasteiger partial charge is 0.268 e. The fourth-order valence-corrected chi connectivity index (χ4v) is 3.50. The van der Waals surface area contributed by atoms with Crippen LogP contribution < -0.4 is 0 Å². The van der Waals surface area contributed by atoms with E-state index in [0.717, 1.165) is 9.54 Å². The lowest BCUT2D eigenvalue weighted by molar-refractivity contribution is 0.101. The summed E-state index contributed by atoms with van der Waals surface area (Å²) in [6, 6.07) is 9.73. The molecule has 0 unspecified atom stereocenters. The average Bonchev–Trinajstić information content (AvgIpc) is 2.72. The molecule has 0 N–H and O–H groups in total. The molecule has 2 rings (SSSR count). The molecule has 19 heavy (non-hydrogen) atoms. The molecular formula is C14H15NO3S. The normalized spacial score (nSPS) is 11.5. The van der Waals surface area contributed by atoms with Crippen molar-refractivity contribution in [2.75, 3.05) is 0 Å². The molecule has 2 aromatic rings. The molecule has 0 atom stereocenters. The second kappa shape index (κ2) is 4.66. The molecule has 4 nitrogen and oxygen atoms in total. The molecule has 100 valence electrons. The molecule has 1 aromatic carbocycles. The lowest BCUT2D eigenvalue weighted by Gasteiger charge is -2.11. The molecule has 0 amide bonds. The Bertz CT molecular complexity index is 725. The number of hydrogen-bond acceptors (Lipinski definition) is 3. The van der Waals surface area contributed by atoms with Crippen LogP contribution in [-0.4, -0.2) is 18.2 Å². The standard InChI is InChI=1S/C14H15NO3S/c1-10-4-7-13(8-5-10)19(17,18)15-11(2)6-9-14(15)12(3)16/h4-9H,1-3H3. The van der Waals surface area contributed by atoms with Crippen LogP contribution in [0, 0.1) is 13.8 Å². The summed E-state index contributed by atoms with van der Waals surface area (Å²) in [6.45, 7) is 4.91. The van der Waals surface area contributed by atoms with Gasteiger partial charge in [0.25, 0.3) is 10.0 Å². The number of rotatable bonds is 3. The van der Waals surface area contributed by atoms with Gasteiger partial charge < -0.3 is 0 Å². The Balaban J connectivity index is 2.66. The van der Waals surface area contributed by atoms with E-state index in [2.05, 4.69) is 0 Å². The van der Waals surface area contributed by atoms with Crippen LogP contribution in [0.5, 0.6) is 0 Å². The number of benzene rings is 1. The van der Waals surface area contributed by atoms with Crippen LogP contribution in [0.3, 0.4) is 0 Å². The van der Waals surface area contributed by atoms with Gasteiger partial charge in [-0.2, -0.15) is 0 Å². The number of aromatic nitrogens is 1. The number of hydrogen-bond donors (Lipinski definition) is 0. The van der Waals surface area contributed by atoms with E-state index in [1.54, 1.807) is 37.3 Å². The summed E-state index contributed by atoms with van der Waals surface area (Å²) in [5, 5.41) is 0. The van der Waals surface area contributed by atoms with E-state index >= 15 is 0 Å². The summed E-state index contributed by atoms with van der Waals surface area (Å²) in [5.74, 6) is -0.274. The van der Waals surface area contributed by atoms with Gasteiger partial charge in [0.15, 0.2) is 5.78 Å². The van der Waals surface area contributed by atoms with E-state index in [9.17, 15) is 13.2 Å². The zero-order valence-electron chi connectivity index (χ0n) is 11.0. The van der Waals surface area contributed by atoms with E-state index < -0.39 is 10.0 Å². The Morgan fingerprint density at radius 3 is 2.11 bits per heavy atom. The molecule has 0 aliphatic rings. The van der Waals surface area contributed by atoms with Crippen molar-refractivity contribution in [3.63, 3.8) is 0 Å². The van der Waals surface area contributed by atoms with Gasteiger partial charge in [0, 0.05) is 12.6 Å². The Labute approximate surface area is 112 Å². The SMILES string of the molecule is CC(=O)c1ccc(C)n1S(=O)(=O)c1ccc(C)cc1. The third-order valence-corrected chi connectivity index (χ3v) is 4.77. The molecule has 0 fully saturated rings. The van der Waals surface area contributed by atoms with Crippen molar-refractivity contribution in [2.45, 2.75) is 25.7 Å². The van der Waals surface area contributed by atoms with Crippen molar-refractivity contribution >= 4 is 15.8 Å². The summed E-state index contributed by atoms with van der Waals surface area (Å²) in [5.41, 5.74) is 1.68. The number of aryl methyl sites for hydroxylation is 2. The molecule has 1 heterocycles. The van der Waals surface area contributed by atoms with Crippen molar-refractivity contribution in [2.24, 2.45) is 0 Å². The maximum absolute atomic E-state index is 12.6. The molecule has 5 heteroatoms. The largest absolute Gasteiger partial charge is 0.293 e. The summed E-state index contributed by atoms with van der Waals surface area (Å²) in [6.07, 6.45) is 0. The minimum atomic E-state index is -3.72. The monoisotopic (exact) mass is 277 g/mol. The second-order valence-electron chi connectivity index (χ2n) is 4.50. The molecule has 0 saturated carbocycles. The van der Waals surface area contributed by atoms with Crippen molar-refractivity contribution in [1.82, 2.24) is 3.97 Å². The first kappa shape index (κ1) is 13.5. The number of ketones is 1. The first-order chi connectivity index (χ1) is 8.84. The van der Waals surface area contributed by atoms with Gasteiger partial charge in [-0.15, -0.1) is 0 Å². The van der Waals surface area contributed by atoms with Gasteiger partial charge in [-0.05, 0) is 38.1 Å². The van der Waals surface area contributed by atoms with Gasteiger partial charge in [-0.25, -0.2) is 12.4 Å². The Morgan fingerprint density at radius 2 is 1.58 bits per heavy atom. The van der Waals surface area contributed by atoms with Gasteiger partial charge >= 0.3 is 0 Å². The molecule has 0 aliphatic carbocycles. The van der Waals surface area contributed by atoms with Crippen LogP contribution >= 0.6 is 0 Å². The van der Waals surface area contributed by atoms with Crippen molar-refractivity contribution < 1.29 is 13.2 Å².